The highest BCUT2D eigenvalue weighted by Gasteiger charge is 2.27. The van der Waals surface area contributed by atoms with Crippen LogP contribution >= 0.6 is 36.4 Å². The maximum atomic E-state index is 9.51. The van der Waals surface area contributed by atoms with E-state index in [9.17, 15) is 5.11 Å². The lowest BCUT2D eigenvalue weighted by atomic mass is 9.86. The van der Waals surface area contributed by atoms with Crippen molar-refractivity contribution in [2.75, 3.05) is 40.4 Å². The average molecular weight is 576 g/mol. The van der Waals surface area contributed by atoms with Crippen LogP contribution in [0.5, 0.6) is 17.2 Å². The summed E-state index contributed by atoms with van der Waals surface area (Å²) in [6.45, 7) is 6.64. The van der Waals surface area contributed by atoms with Gasteiger partial charge in [0.1, 0.15) is 5.75 Å². The molecule has 0 heterocycles. The van der Waals surface area contributed by atoms with E-state index in [0.717, 1.165) is 49.4 Å². The number of nitrogens with zero attached hydrogens (tertiary/aromatic N) is 1. The predicted octanol–water partition coefficient (Wildman–Crippen LogP) is 6.87. The van der Waals surface area contributed by atoms with Crippen molar-refractivity contribution in [2.24, 2.45) is 0 Å². The lowest BCUT2D eigenvalue weighted by Crippen LogP contribution is -2.40. The number of aromatic hydroxyl groups is 1. The van der Waals surface area contributed by atoms with E-state index < -0.39 is 0 Å². The van der Waals surface area contributed by atoms with Gasteiger partial charge < -0.3 is 24.8 Å². The Hall–Kier alpha value is -1.37. The van der Waals surface area contributed by atoms with Crippen LogP contribution in [0.3, 0.4) is 0 Å². The summed E-state index contributed by atoms with van der Waals surface area (Å²) in [5.74, 6) is 1.91. The van der Waals surface area contributed by atoms with E-state index in [4.69, 9.17) is 21.1 Å². The first kappa shape index (κ1) is 33.7. The second kappa shape index (κ2) is 18.0. The summed E-state index contributed by atoms with van der Waals surface area (Å²) in [5, 5.41) is 13.5. The number of rotatable bonds is 15. The van der Waals surface area contributed by atoms with Crippen molar-refractivity contribution < 1.29 is 14.6 Å². The molecule has 2 aromatic rings. The predicted molar refractivity (Wildman–Crippen MR) is 160 cm³/mol. The van der Waals surface area contributed by atoms with Gasteiger partial charge in [0, 0.05) is 11.6 Å². The van der Waals surface area contributed by atoms with Crippen molar-refractivity contribution in [3.05, 3.63) is 52.0 Å². The van der Waals surface area contributed by atoms with E-state index in [1.54, 1.807) is 20.3 Å². The van der Waals surface area contributed by atoms with Gasteiger partial charge in [-0.15, -0.1) is 24.8 Å². The smallest absolute Gasteiger partial charge is 0.164 e. The summed E-state index contributed by atoms with van der Waals surface area (Å²) in [5.41, 5.74) is 3.90. The molecule has 1 unspecified atom stereocenters. The fourth-order valence-corrected chi connectivity index (χ4v) is 5.42. The molecule has 1 aliphatic carbocycles. The fraction of sp³-hybridized carbons (Fsp3) is 0.586. The molecule has 1 aliphatic rings. The summed E-state index contributed by atoms with van der Waals surface area (Å²) in [4.78, 5) is 2.72. The number of ether oxygens (including phenoxy) is 2. The van der Waals surface area contributed by atoms with Crippen molar-refractivity contribution in [1.82, 2.24) is 10.2 Å². The number of halogens is 3. The van der Waals surface area contributed by atoms with Crippen LogP contribution in [-0.4, -0.2) is 56.4 Å². The molecule has 2 aromatic carbocycles. The Morgan fingerprint density at radius 1 is 1.00 bits per heavy atom. The largest absolute Gasteiger partial charge is 0.506 e. The number of hydrogen-bond donors (Lipinski definition) is 2. The Balaban J connectivity index is 0.00000342. The molecule has 0 saturated carbocycles. The van der Waals surface area contributed by atoms with E-state index >= 15 is 0 Å². The van der Waals surface area contributed by atoms with Gasteiger partial charge in [0.2, 0.25) is 0 Å². The van der Waals surface area contributed by atoms with E-state index in [-0.39, 0.29) is 30.6 Å². The van der Waals surface area contributed by atoms with Gasteiger partial charge in [0.05, 0.1) is 19.2 Å². The summed E-state index contributed by atoms with van der Waals surface area (Å²) in [6.07, 6.45) is 10.5. The third-order valence-electron chi connectivity index (χ3n) is 7.11. The maximum Gasteiger partial charge on any atom is 0.164 e. The molecule has 5 nitrogen and oxygen atoms in total. The van der Waals surface area contributed by atoms with Crippen molar-refractivity contribution in [1.29, 1.82) is 0 Å². The van der Waals surface area contributed by atoms with Crippen molar-refractivity contribution in [2.45, 2.75) is 70.8 Å². The zero-order valence-corrected chi connectivity index (χ0v) is 25.0. The molecule has 1 atom stereocenters. The standard InChI is InChI=1S/C29H43ClN2O3.2ClH/c1-4-18-32(24-11-12-25-23(21-24)10-14-28(34-2)29(25)35-3)19-8-6-5-7-16-31-17-15-22-9-13-27(33)26(30)20-22;;/h9-10,13-14,20,24,31,33H,4-8,11-12,15-19,21H2,1-3H3;2*1H. The summed E-state index contributed by atoms with van der Waals surface area (Å²) in [7, 11) is 3.46. The topological polar surface area (TPSA) is 54.0 Å². The van der Waals surface area contributed by atoms with Gasteiger partial charge in [-0.3, -0.25) is 0 Å². The Kier molecular flexibility index (Phi) is 16.4. The molecule has 0 spiro atoms. The number of phenolic OH excluding ortho intramolecular Hbond substituents is 1. The number of phenols is 1. The van der Waals surface area contributed by atoms with Gasteiger partial charge >= 0.3 is 0 Å². The Labute approximate surface area is 241 Å². The van der Waals surface area contributed by atoms with Crippen molar-refractivity contribution in [3.8, 4) is 17.2 Å². The average Bonchev–Trinajstić information content (AvgIpc) is 2.87. The normalized spacial score (nSPS) is 14.5. The van der Waals surface area contributed by atoms with Crippen LogP contribution in [0.2, 0.25) is 5.02 Å². The highest BCUT2D eigenvalue weighted by Crippen LogP contribution is 2.38. The zero-order valence-electron chi connectivity index (χ0n) is 22.6. The summed E-state index contributed by atoms with van der Waals surface area (Å²) < 4.78 is 11.2. The van der Waals surface area contributed by atoms with Gasteiger partial charge in [-0.1, -0.05) is 43.5 Å². The highest BCUT2D eigenvalue weighted by atomic mass is 35.5. The Morgan fingerprint density at radius 2 is 1.78 bits per heavy atom. The van der Waals surface area contributed by atoms with Crippen molar-refractivity contribution >= 4 is 36.4 Å². The Bertz CT molecular complexity index is 930. The third kappa shape index (κ3) is 10.0. The second-order valence-corrected chi connectivity index (χ2v) is 9.98. The van der Waals surface area contributed by atoms with Crippen LogP contribution in [0, 0.1) is 0 Å². The van der Waals surface area contributed by atoms with Crippen LogP contribution in [0.1, 0.15) is 62.1 Å². The van der Waals surface area contributed by atoms with E-state index in [1.165, 1.54) is 62.7 Å². The quantitative estimate of drug-likeness (QED) is 0.227. The SMILES string of the molecule is CCCN(CCCCCCNCCc1ccc(O)c(Cl)c1)C1CCc2c(ccc(OC)c2OC)C1.Cl.Cl. The first-order chi connectivity index (χ1) is 17.1. The molecule has 0 bridgehead atoms. The molecule has 0 aliphatic heterocycles. The first-order valence-electron chi connectivity index (χ1n) is 13.2. The van der Waals surface area contributed by atoms with Crippen LogP contribution in [0.25, 0.3) is 0 Å². The van der Waals surface area contributed by atoms with Crippen LogP contribution < -0.4 is 14.8 Å². The first-order valence-corrected chi connectivity index (χ1v) is 13.6. The van der Waals surface area contributed by atoms with E-state index in [0.29, 0.717) is 11.1 Å². The number of unbranched alkanes of at least 4 members (excludes halogenated alkanes) is 3. The minimum atomic E-state index is 0. The lowest BCUT2D eigenvalue weighted by Gasteiger charge is -2.36. The van der Waals surface area contributed by atoms with Crippen LogP contribution in [0.15, 0.2) is 30.3 Å². The van der Waals surface area contributed by atoms with Gasteiger partial charge in [-0.25, -0.2) is 0 Å². The number of hydrogen-bond acceptors (Lipinski definition) is 5. The zero-order chi connectivity index (χ0) is 25.0. The number of methoxy groups -OCH3 is 2. The van der Waals surface area contributed by atoms with Gasteiger partial charge in [-0.2, -0.15) is 0 Å². The van der Waals surface area contributed by atoms with Gasteiger partial charge in [0.25, 0.3) is 0 Å². The highest BCUT2D eigenvalue weighted by molar-refractivity contribution is 6.32. The van der Waals surface area contributed by atoms with Crippen LogP contribution in [-0.2, 0) is 19.3 Å². The molecule has 8 heteroatoms. The van der Waals surface area contributed by atoms with Gasteiger partial charge in [0.15, 0.2) is 11.5 Å². The number of fused-ring (bicyclic) bond motifs is 1. The maximum absolute atomic E-state index is 9.51. The van der Waals surface area contributed by atoms with Crippen LogP contribution in [0.4, 0.5) is 0 Å². The molecule has 37 heavy (non-hydrogen) atoms. The molecule has 3 rings (SSSR count). The molecule has 2 N–H and O–H groups in total. The number of benzene rings is 2. The molecule has 210 valence electrons. The molecule has 0 aromatic heterocycles. The second-order valence-electron chi connectivity index (χ2n) is 9.57. The molecule has 0 radical (unpaired) electrons. The number of nitrogens with one attached hydrogen (secondary N) is 1. The minimum Gasteiger partial charge on any atom is -0.506 e. The molecule has 0 amide bonds. The lowest BCUT2D eigenvalue weighted by molar-refractivity contribution is 0.175. The molecule has 0 fully saturated rings. The summed E-state index contributed by atoms with van der Waals surface area (Å²) in [6, 6.07) is 10.4. The van der Waals surface area contributed by atoms with Gasteiger partial charge in [-0.05, 0) is 100 Å². The molecular formula is C29H45Cl3N2O3. The Morgan fingerprint density at radius 3 is 2.49 bits per heavy atom. The molecular weight excluding hydrogens is 531 g/mol. The monoisotopic (exact) mass is 574 g/mol. The van der Waals surface area contributed by atoms with E-state index in [1.807, 2.05) is 12.1 Å². The fourth-order valence-electron chi connectivity index (χ4n) is 5.22. The minimum absolute atomic E-state index is 0. The van der Waals surface area contributed by atoms with Crippen molar-refractivity contribution in [3.63, 3.8) is 0 Å². The van der Waals surface area contributed by atoms with E-state index in [2.05, 4.69) is 29.3 Å². The summed E-state index contributed by atoms with van der Waals surface area (Å²) >= 11 is 5.98. The third-order valence-corrected chi connectivity index (χ3v) is 7.41. The molecule has 0 saturated heterocycles.